The summed E-state index contributed by atoms with van der Waals surface area (Å²) < 4.78 is 5.45. The molecule has 0 aromatic carbocycles. The van der Waals surface area contributed by atoms with Crippen LogP contribution in [0.5, 0.6) is 0 Å². The summed E-state index contributed by atoms with van der Waals surface area (Å²) in [5.41, 5.74) is 0. The number of hydrogen-bond donors (Lipinski definition) is 0. The van der Waals surface area contributed by atoms with Crippen molar-refractivity contribution in [2.75, 3.05) is 25.2 Å². The van der Waals surface area contributed by atoms with Gasteiger partial charge in [0.05, 0.1) is 24.5 Å². The standard InChI is InChI=1S/C9H17NO2S/c1-7-5-12-8(2)4-10(7)9(11)6-13-3/h7-8H,4-6H2,1-3H3/t7-,8+/m1/s1. The predicted molar refractivity (Wildman–Crippen MR) is 55.0 cm³/mol. The maximum absolute atomic E-state index is 11.6. The third kappa shape index (κ3) is 2.88. The topological polar surface area (TPSA) is 29.5 Å². The monoisotopic (exact) mass is 203 g/mol. The van der Waals surface area contributed by atoms with Gasteiger partial charge in [-0.3, -0.25) is 4.79 Å². The maximum atomic E-state index is 11.6. The van der Waals surface area contributed by atoms with Crippen molar-refractivity contribution in [3.8, 4) is 0 Å². The number of ether oxygens (including phenoxy) is 1. The molecule has 4 heteroatoms. The summed E-state index contributed by atoms with van der Waals surface area (Å²) >= 11 is 1.57. The van der Waals surface area contributed by atoms with Crippen molar-refractivity contribution in [3.05, 3.63) is 0 Å². The summed E-state index contributed by atoms with van der Waals surface area (Å²) in [7, 11) is 0. The Bertz CT molecular complexity index is 186. The van der Waals surface area contributed by atoms with Crippen molar-refractivity contribution < 1.29 is 9.53 Å². The van der Waals surface area contributed by atoms with Crippen molar-refractivity contribution in [2.24, 2.45) is 0 Å². The van der Waals surface area contributed by atoms with Crippen molar-refractivity contribution in [1.29, 1.82) is 0 Å². The second kappa shape index (κ2) is 4.86. The Labute approximate surface area is 83.8 Å². The molecule has 0 spiro atoms. The molecule has 1 fully saturated rings. The van der Waals surface area contributed by atoms with E-state index in [-0.39, 0.29) is 18.1 Å². The van der Waals surface area contributed by atoms with Crippen LogP contribution in [0.25, 0.3) is 0 Å². The summed E-state index contributed by atoms with van der Waals surface area (Å²) in [5.74, 6) is 0.812. The smallest absolute Gasteiger partial charge is 0.232 e. The van der Waals surface area contributed by atoms with Crippen LogP contribution in [0, 0.1) is 0 Å². The van der Waals surface area contributed by atoms with Gasteiger partial charge in [0.2, 0.25) is 5.91 Å². The minimum absolute atomic E-state index is 0.182. The van der Waals surface area contributed by atoms with Crippen molar-refractivity contribution in [1.82, 2.24) is 4.90 Å². The lowest BCUT2D eigenvalue weighted by Gasteiger charge is -2.36. The lowest BCUT2D eigenvalue weighted by molar-refractivity contribution is -0.140. The molecule has 0 aromatic rings. The zero-order chi connectivity index (χ0) is 9.84. The van der Waals surface area contributed by atoms with E-state index in [2.05, 4.69) is 0 Å². The molecule has 0 bridgehead atoms. The van der Waals surface area contributed by atoms with Crippen LogP contribution in [0.4, 0.5) is 0 Å². The molecule has 1 aliphatic heterocycles. The lowest BCUT2D eigenvalue weighted by Crippen LogP contribution is -2.50. The molecule has 0 saturated carbocycles. The number of carbonyl (C=O) groups excluding carboxylic acids is 1. The first-order valence-corrected chi connectivity index (χ1v) is 5.94. The molecule has 76 valence electrons. The van der Waals surface area contributed by atoms with E-state index in [1.807, 2.05) is 25.0 Å². The Morgan fingerprint density at radius 2 is 2.31 bits per heavy atom. The number of hydrogen-bond acceptors (Lipinski definition) is 3. The van der Waals surface area contributed by atoms with Gasteiger partial charge in [-0.2, -0.15) is 11.8 Å². The predicted octanol–water partition coefficient (Wildman–Crippen LogP) is 0.985. The molecule has 2 atom stereocenters. The first kappa shape index (κ1) is 10.9. The SMILES string of the molecule is CSCC(=O)N1C[C@H](C)OC[C@H]1C. The van der Waals surface area contributed by atoms with E-state index in [9.17, 15) is 4.79 Å². The highest BCUT2D eigenvalue weighted by atomic mass is 32.2. The molecular formula is C9H17NO2S. The van der Waals surface area contributed by atoms with Gasteiger partial charge in [-0.15, -0.1) is 0 Å². The Kier molecular flexibility index (Phi) is 4.06. The molecule has 13 heavy (non-hydrogen) atoms. The number of morpholine rings is 1. The Hall–Kier alpha value is -0.220. The van der Waals surface area contributed by atoms with Gasteiger partial charge in [0.25, 0.3) is 0 Å². The minimum atomic E-state index is 0.182. The van der Waals surface area contributed by atoms with Crippen molar-refractivity contribution >= 4 is 17.7 Å². The molecule has 1 rings (SSSR count). The molecule has 0 aromatic heterocycles. The number of amides is 1. The van der Waals surface area contributed by atoms with Gasteiger partial charge in [-0.25, -0.2) is 0 Å². The molecular weight excluding hydrogens is 186 g/mol. The van der Waals surface area contributed by atoms with Crippen LogP contribution in [0.1, 0.15) is 13.8 Å². The van der Waals surface area contributed by atoms with Crippen LogP contribution >= 0.6 is 11.8 Å². The number of carbonyl (C=O) groups is 1. The van der Waals surface area contributed by atoms with Crippen molar-refractivity contribution in [3.63, 3.8) is 0 Å². The largest absolute Gasteiger partial charge is 0.375 e. The fourth-order valence-corrected chi connectivity index (χ4v) is 1.87. The normalized spacial score (nSPS) is 29.0. The van der Waals surface area contributed by atoms with Gasteiger partial charge in [-0.1, -0.05) is 0 Å². The Morgan fingerprint density at radius 1 is 1.62 bits per heavy atom. The van der Waals surface area contributed by atoms with Crippen LogP contribution in [-0.4, -0.2) is 48.1 Å². The molecule has 0 N–H and O–H groups in total. The van der Waals surface area contributed by atoms with Gasteiger partial charge in [0.15, 0.2) is 0 Å². The van der Waals surface area contributed by atoms with Gasteiger partial charge < -0.3 is 9.64 Å². The van der Waals surface area contributed by atoms with E-state index in [4.69, 9.17) is 4.74 Å². The number of thioether (sulfide) groups is 1. The minimum Gasteiger partial charge on any atom is -0.375 e. The first-order valence-electron chi connectivity index (χ1n) is 4.55. The van der Waals surface area contributed by atoms with Gasteiger partial charge in [-0.05, 0) is 20.1 Å². The molecule has 1 amide bonds. The number of rotatable bonds is 2. The lowest BCUT2D eigenvalue weighted by atomic mass is 10.2. The second-order valence-electron chi connectivity index (χ2n) is 3.47. The molecule has 1 saturated heterocycles. The second-order valence-corrected chi connectivity index (χ2v) is 4.34. The van der Waals surface area contributed by atoms with Crippen LogP contribution in [0.2, 0.25) is 0 Å². The van der Waals surface area contributed by atoms with E-state index >= 15 is 0 Å². The van der Waals surface area contributed by atoms with Gasteiger partial charge >= 0.3 is 0 Å². The third-order valence-electron chi connectivity index (χ3n) is 2.20. The fraction of sp³-hybridized carbons (Fsp3) is 0.889. The molecule has 1 heterocycles. The highest BCUT2D eigenvalue weighted by molar-refractivity contribution is 7.99. The Morgan fingerprint density at radius 3 is 2.92 bits per heavy atom. The zero-order valence-corrected chi connectivity index (χ0v) is 9.26. The van der Waals surface area contributed by atoms with E-state index in [1.165, 1.54) is 0 Å². The first-order chi connectivity index (χ1) is 6.15. The zero-order valence-electron chi connectivity index (χ0n) is 8.45. The Balaban J connectivity index is 2.50. The van der Waals surface area contributed by atoms with E-state index in [0.29, 0.717) is 12.4 Å². The van der Waals surface area contributed by atoms with Crippen molar-refractivity contribution in [2.45, 2.75) is 26.0 Å². The van der Waals surface area contributed by atoms with Crippen LogP contribution in [-0.2, 0) is 9.53 Å². The summed E-state index contributed by atoms with van der Waals surface area (Å²) in [6.45, 7) is 5.44. The molecule has 0 aliphatic carbocycles. The third-order valence-corrected chi connectivity index (χ3v) is 2.73. The average Bonchev–Trinajstić information content (AvgIpc) is 2.09. The van der Waals surface area contributed by atoms with E-state index in [1.54, 1.807) is 11.8 Å². The van der Waals surface area contributed by atoms with E-state index < -0.39 is 0 Å². The highest BCUT2D eigenvalue weighted by Gasteiger charge is 2.26. The molecule has 0 radical (unpaired) electrons. The quantitative estimate of drug-likeness (QED) is 0.670. The molecule has 3 nitrogen and oxygen atoms in total. The van der Waals surface area contributed by atoms with Crippen LogP contribution < -0.4 is 0 Å². The van der Waals surface area contributed by atoms with E-state index in [0.717, 1.165) is 6.54 Å². The summed E-state index contributed by atoms with van der Waals surface area (Å²) in [6.07, 6.45) is 2.13. The maximum Gasteiger partial charge on any atom is 0.232 e. The highest BCUT2D eigenvalue weighted by Crippen LogP contribution is 2.12. The summed E-state index contributed by atoms with van der Waals surface area (Å²) in [6, 6.07) is 0.232. The fourth-order valence-electron chi connectivity index (χ4n) is 1.46. The summed E-state index contributed by atoms with van der Waals surface area (Å²) in [4.78, 5) is 13.5. The average molecular weight is 203 g/mol. The van der Waals surface area contributed by atoms with Gasteiger partial charge in [0, 0.05) is 6.54 Å². The van der Waals surface area contributed by atoms with Gasteiger partial charge in [0.1, 0.15) is 0 Å². The van der Waals surface area contributed by atoms with Crippen LogP contribution in [0.3, 0.4) is 0 Å². The van der Waals surface area contributed by atoms with Crippen LogP contribution in [0.15, 0.2) is 0 Å². The number of nitrogens with zero attached hydrogens (tertiary/aromatic N) is 1. The molecule has 0 unspecified atom stereocenters. The molecule has 1 aliphatic rings. The summed E-state index contributed by atoms with van der Waals surface area (Å²) in [5, 5.41) is 0.